The maximum Gasteiger partial charge on any atom is 0.168 e. The summed E-state index contributed by atoms with van der Waals surface area (Å²) in [7, 11) is 1.82. The highest BCUT2D eigenvalue weighted by atomic mass is 19.1. The third-order valence-electron chi connectivity index (χ3n) is 2.73. The average Bonchev–Trinajstić information content (AvgIpc) is 2.72. The van der Waals surface area contributed by atoms with Crippen LogP contribution in [0.4, 0.5) is 20.4 Å². The van der Waals surface area contributed by atoms with Crippen molar-refractivity contribution in [3.8, 4) is 0 Å². The van der Waals surface area contributed by atoms with Crippen LogP contribution < -0.4 is 11.1 Å². The summed E-state index contributed by atoms with van der Waals surface area (Å²) < 4.78 is 28.1. The molecule has 0 unspecified atom stereocenters. The zero-order valence-electron chi connectivity index (χ0n) is 10.7. The Morgan fingerprint density at radius 1 is 1.37 bits per heavy atom. The van der Waals surface area contributed by atoms with Crippen molar-refractivity contribution < 1.29 is 8.78 Å². The number of nitrogen functional groups attached to an aromatic ring is 1. The lowest BCUT2D eigenvalue weighted by atomic mass is 10.2. The van der Waals surface area contributed by atoms with Gasteiger partial charge in [-0.3, -0.25) is 4.68 Å². The number of pyridine rings is 1. The summed E-state index contributed by atoms with van der Waals surface area (Å²) in [5.41, 5.74) is 7.17. The second-order valence-corrected chi connectivity index (χ2v) is 4.17. The highest BCUT2D eigenvalue weighted by molar-refractivity contribution is 5.45. The quantitative estimate of drug-likeness (QED) is 0.887. The molecule has 2 aromatic heterocycles. The van der Waals surface area contributed by atoms with E-state index in [0.29, 0.717) is 12.6 Å². The van der Waals surface area contributed by atoms with Crippen LogP contribution in [0.2, 0.25) is 0 Å². The van der Waals surface area contributed by atoms with Crippen molar-refractivity contribution in [1.29, 1.82) is 0 Å². The Hall–Kier alpha value is -2.18. The van der Waals surface area contributed by atoms with E-state index in [1.165, 1.54) is 0 Å². The summed E-state index contributed by atoms with van der Waals surface area (Å²) in [4.78, 5) is 3.64. The first kappa shape index (κ1) is 13.3. The van der Waals surface area contributed by atoms with Gasteiger partial charge in [0.15, 0.2) is 23.3 Å². The fourth-order valence-electron chi connectivity index (χ4n) is 1.81. The summed E-state index contributed by atoms with van der Waals surface area (Å²) in [5.74, 6) is -2.03. The lowest BCUT2D eigenvalue weighted by Gasteiger charge is -2.07. The topological polar surface area (TPSA) is 68.8 Å². The SMILES string of the molecule is CCc1nn(C)cc1CNc1nc(N)c(F)cc1F. The Labute approximate surface area is 109 Å². The minimum absolute atomic E-state index is 0.0650. The van der Waals surface area contributed by atoms with Crippen LogP contribution in [-0.4, -0.2) is 14.8 Å². The van der Waals surface area contributed by atoms with Gasteiger partial charge in [-0.1, -0.05) is 6.92 Å². The molecule has 0 fully saturated rings. The molecule has 3 N–H and O–H groups in total. The molecule has 2 aromatic rings. The molecule has 5 nitrogen and oxygen atoms in total. The Morgan fingerprint density at radius 3 is 2.79 bits per heavy atom. The molecule has 2 heterocycles. The highest BCUT2D eigenvalue weighted by Crippen LogP contribution is 2.18. The number of nitrogens with one attached hydrogen (secondary N) is 1. The van der Waals surface area contributed by atoms with Crippen molar-refractivity contribution in [1.82, 2.24) is 14.8 Å². The fraction of sp³-hybridized carbons (Fsp3) is 0.333. The highest BCUT2D eigenvalue weighted by Gasteiger charge is 2.11. The molecule has 0 bridgehead atoms. The van der Waals surface area contributed by atoms with Gasteiger partial charge in [0.25, 0.3) is 0 Å². The number of hydrogen-bond acceptors (Lipinski definition) is 4. The van der Waals surface area contributed by atoms with E-state index in [4.69, 9.17) is 5.73 Å². The van der Waals surface area contributed by atoms with Gasteiger partial charge in [0, 0.05) is 31.4 Å². The number of aromatic nitrogens is 3. The van der Waals surface area contributed by atoms with Gasteiger partial charge in [0.2, 0.25) is 0 Å². The van der Waals surface area contributed by atoms with Gasteiger partial charge in [0.05, 0.1) is 5.69 Å². The van der Waals surface area contributed by atoms with E-state index in [0.717, 1.165) is 17.7 Å². The molecule has 0 atom stereocenters. The zero-order valence-corrected chi connectivity index (χ0v) is 10.7. The molecule has 19 heavy (non-hydrogen) atoms. The van der Waals surface area contributed by atoms with Crippen LogP contribution in [0.1, 0.15) is 18.2 Å². The molecule has 0 aliphatic rings. The number of nitrogens with zero attached hydrogens (tertiary/aromatic N) is 3. The average molecular weight is 267 g/mol. The van der Waals surface area contributed by atoms with E-state index in [-0.39, 0.29) is 11.6 Å². The van der Waals surface area contributed by atoms with E-state index in [9.17, 15) is 8.78 Å². The molecule has 0 saturated heterocycles. The summed E-state index contributed by atoms with van der Waals surface area (Å²) in [6, 6.07) is 0.717. The van der Waals surface area contributed by atoms with Gasteiger partial charge in [-0.05, 0) is 6.42 Å². The molecular weight excluding hydrogens is 252 g/mol. The van der Waals surface area contributed by atoms with Crippen LogP contribution in [0.3, 0.4) is 0 Å². The number of aryl methyl sites for hydroxylation is 2. The number of rotatable bonds is 4. The van der Waals surface area contributed by atoms with Gasteiger partial charge in [-0.2, -0.15) is 5.10 Å². The number of hydrogen-bond donors (Lipinski definition) is 2. The van der Waals surface area contributed by atoms with Gasteiger partial charge >= 0.3 is 0 Å². The van der Waals surface area contributed by atoms with Crippen molar-refractivity contribution in [2.45, 2.75) is 19.9 Å². The van der Waals surface area contributed by atoms with Gasteiger partial charge in [-0.15, -0.1) is 0 Å². The molecule has 0 aromatic carbocycles. The third-order valence-corrected chi connectivity index (χ3v) is 2.73. The van der Waals surface area contributed by atoms with E-state index in [1.807, 2.05) is 20.2 Å². The van der Waals surface area contributed by atoms with Crippen molar-refractivity contribution >= 4 is 11.6 Å². The molecular formula is C12H15F2N5. The largest absolute Gasteiger partial charge is 0.381 e. The van der Waals surface area contributed by atoms with Gasteiger partial charge < -0.3 is 11.1 Å². The van der Waals surface area contributed by atoms with Crippen LogP contribution in [0.15, 0.2) is 12.3 Å². The van der Waals surface area contributed by atoms with Crippen LogP contribution in [-0.2, 0) is 20.0 Å². The third kappa shape index (κ3) is 2.81. The normalized spacial score (nSPS) is 10.7. The van der Waals surface area contributed by atoms with Crippen molar-refractivity contribution in [3.05, 3.63) is 35.2 Å². The molecule has 0 aliphatic heterocycles. The monoisotopic (exact) mass is 267 g/mol. The van der Waals surface area contributed by atoms with Crippen LogP contribution >= 0.6 is 0 Å². The zero-order chi connectivity index (χ0) is 14.0. The number of anilines is 2. The first-order valence-corrected chi connectivity index (χ1v) is 5.88. The van der Waals surface area contributed by atoms with Gasteiger partial charge in [0.1, 0.15) is 0 Å². The fourth-order valence-corrected chi connectivity index (χ4v) is 1.81. The summed E-state index contributed by atoms with van der Waals surface area (Å²) in [6.45, 7) is 2.34. The number of halogens is 2. The van der Waals surface area contributed by atoms with Crippen LogP contribution in [0, 0.1) is 11.6 Å². The van der Waals surface area contributed by atoms with Crippen molar-refractivity contribution in [2.75, 3.05) is 11.1 Å². The second kappa shape index (κ2) is 5.21. The molecule has 0 spiro atoms. The van der Waals surface area contributed by atoms with Crippen molar-refractivity contribution in [2.24, 2.45) is 7.05 Å². The Bertz CT molecular complexity index is 594. The van der Waals surface area contributed by atoms with Crippen LogP contribution in [0.25, 0.3) is 0 Å². The van der Waals surface area contributed by atoms with E-state index >= 15 is 0 Å². The predicted molar refractivity (Wildman–Crippen MR) is 68.5 cm³/mol. The lowest BCUT2D eigenvalue weighted by molar-refractivity contribution is 0.579. The second-order valence-electron chi connectivity index (χ2n) is 4.17. The van der Waals surface area contributed by atoms with Crippen molar-refractivity contribution in [3.63, 3.8) is 0 Å². The maximum atomic E-state index is 13.5. The molecule has 7 heteroatoms. The Balaban J connectivity index is 2.16. The molecule has 0 aliphatic carbocycles. The van der Waals surface area contributed by atoms with E-state index in [2.05, 4.69) is 15.4 Å². The molecule has 0 amide bonds. The molecule has 102 valence electrons. The van der Waals surface area contributed by atoms with Gasteiger partial charge in [-0.25, -0.2) is 13.8 Å². The Kier molecular flexibility index (Phi) is 3.64. The smallest absolute Gasteiger partial charge is 0.168 e. The van der Waals surface area contributed by atoms with E-state index < -0.39 is 11.6 Å². The molecule has 0 saturated carbocycles. The van der Waals surface area contributed by atoms with E-state index in [1.54, 1.807) is 4.68 Å². The minimum Gasteiger partial charge on any atom is -0.381 e. The summed E-state index contributed by atoms with van der Waals surface area (Å²) >= 11 is 0. The standard InChI is InChI=1S/C12H15F2N5/c1-3-10-7(6-19(2)18-10)5-16-12-9(14)4-8(13)11(15)17-12/h4,6H,3,5H2,1-2H3,(H3,15,16,17). The first-order chi connectivity index (χ1) is 9.01. The maximum absolute atomic E-state index is 13.5. The van der Waals surface area contributed by atoms with Crippen LogP contribution in [0.5, 0.6) is 0 Å². The predicted octanol–water partition coefficient (Wildman–Crippen LogP) is 1.85. The molecule has 2 rings (SSSR count). The Morgan fingerprint density at radius 2 is 2.11 bits per heavy atom. The molecule has 0 radical (unpaired) electrons. The summed E-state index contributed by atoms with van der Waals surface area (Å²) in [5, 5.41) is 7.07. The minimum atomic E-state index is -0.862. The summed E-state index contributed by atoms with van der Waals surface area (Å²) in [6.07, 6.45) is 2.62. The number of nitrogens with two attached hydrogens (primary N) is 1. The first-order valence-electron chi connectivity index (χ1n) is 5.88. The lowest BCUT2D eigenvalue weighted by Crippen LogP contribution is -2.07.